The Hall–Kier alpha value is -1.89. The summed E-state index contributed by atoms with van der Waals surface area (Å²) < 4.78 is 24.5. The lowest BCUT2D eigenvalue weighted by Crippen LogP contribution is -2.29. The molecule has 0 atom stereocenters. The summed E-state index contributed by atoms with van der Waals surface area (Å²) in [5.74, 6) is 0.433. The third-order valence-corrected chi connectivity index (χ3v) is 5.61. The molecule has 0 amide bonds. The van der Waals surface area contributed by atoms with Crippen LogP contribution < -0.4 is 5.73 Å². The van der Waals surface area contributed by atoms with E-state index in [2.05, 4.69) is 10.1 Å². The SMILES string of the molecule is Cn1nc(C(C)(C)S(C)(=O)=O)c(-c2ccncc2)c1N. The Morgan fingerprint density at radius 2 is 1.80 bits per heavy atom. The molecule has 0 saturated carbocycles. The van der Waals surface area contributed by atoms with Gasteiger partial charge in [0.15, 0.2) is 9.84 Å². The van der Waals surface area contributed by atoms with E-state index in [0.29, 0.717) is 17.1 Å². The van der Waals surface area contributed by atoms with Crippen LogP contribution in [0.25, 0.3) is 11.1 Å². The molecular formula is C13H18N4O2S. The molecule has 2 aromatic rings. The minimum atomic E-state index is -3.34. The summed E-state index contributed by atoms with van der Waals surface area (Å²) in [6.45, 7) is 3.27. The highest BCUT2D eigenvalue weighted by Crippen LogP contribution is 2.38. The Balaban J connectivity index is 2.78. The molecule has 0 aliphatic rings. The van der Waals surface area contributed by atoms with Gasteiger partial charge >= 0.3 is 0 Å². The lowest BCUT2D eigenvalue weighted by molar-refractivity contribution is 0.553. The topological polar surface area (TPSA) is 90.9 Å². The van der Waals surface area contributed by atoms with E-state index in [0.717, 1.165) is 5.56 Å². The smallest absolute Gasteiger partial charge is 0.158 e. The molecule has 0 radical (unpaired) electrons. The number of hydrogen-bond donors (Lipinski definition) is 1. The van der Waals surface area contributed by atoms with Gasteiger partial charge in [-0.1, -0.05) is 0 Å². The number of anilines is 1. The molecule has 2 rings (SSSR count). The van der Waals surface area contributed by atoms with Crippen LogP contribution in [-0.2, 0) is 21.6 Å². The molecule has 2 N–H and O–H groups in total. The minimum Gasteiger partial charge on any atom is -0.383 e. The lowest BCUT2D eigenvalue weighted by atomic mass is 9.99. The third-order valence-electron chi connectivity index (χ3n) is 3.56. The van der Waals surface area contributed by atoms with E-state index < -0.39 is 14.6 Å². The zero-order valence-corrected chi connectivity index (χ0v) is 12.8. The molecule has 0 aliphatic heterocycles. The van der Waals surface area contributed by atoms with Crippen molar-refractivity contribution < 1.29 is 8.42 Å². The number of nitrogen functional groups attached to an aromatic ring is 1. The van der Waals surface area contributed by atoms with Crippen molar-refractivity contribution >= 4 is 15.7 Å². The second-order valence-electron chi connectivity index (χ2n) is 5.25. The fourth-order valence-electron chi connectivity index (χ4n) is 1.94. The molecule has 6 nitrogen and oxygen atoms in total. The van der Waals surface area contributed by atoms with Gasteiger partial charge < -0.3 is 5.73 Å². The summed E-state index contributed by atoms with van der Waals surface area (Å²) in [4.78, 5) is 3.96. The van der Waals surface area contributed by atoms with E-state index in [1.165, 1.54) is 10.9 Å². The summed E-state index contributed by atoms with van der Waals surface area (Å²) in [5, 5.41) is 4.32. The van der Waals surface area contributed by atoms with Crippen LogP contribution in [0.4, 0.5) is 5.82 Å². The van der Waals surface area contributed by atoms with Gasteiger partial charge in [0.25, 0.3) is 0 Å². The molecule has 0 fully saturated rings. The van der Waals surface area contributed by atoms with Gasteiger partial charge in [-0.15, -0.1) is 0 Å². The van der Waals surface area contributed by atoms with Crippen LogP contribution >= 0.6 is 0 Å². The number of hydrogen-bond acceptors (Lipinski definition) is 5. The van der Waals surface area contributed by atoms with E-state index in [1.807, 2.05) is 0 Å². The van der Waals surface area contributed by atoms with E-state index in [1.54, 1.807) is 45.4 Å². The molecule has 20 heavy (non-hydrogen) atoms. The molecule has 2 aromatic heterocycles. The fraction of sp³-hybridized carbons (Fsp3) is 0.385. The van der Waals surface area contributed by atoms with Crippen molar-refractivity contribution in [1.29, 1.82) is 0 Å². The number of sulfone groups is 1. The van der Waals surface area contributed by atoms with Gasteiger partial charge in [0.05, 0.1) is 5.69 Å². The normalized spacial score (nSPS) is 12.6. The number of rotatable bonds is 3. The summed E-state index contributed by atoms with van der Waals surface area (Å²) in [7, 11) is -1.64. The van der Waals surface area contributed by atoms with Crippen molar-refractivity contribution in [2.75, 3.05) is 12.0 Å². The Morgan fingerprint density at radius 1 is 1.25 bits per heavy atom. The van der Waals surface area contributed by atoms with Crippen molar-refractivity contribution in [3.8, 4) is 11.1 Å². The average molecular weight is 294 g/mol. The molecule has 2 heterocycles. The quantitative estimate of drug-likeness (QED) is 0.922. The van der Waals surface area contributed by atoms with Gasteiger partial charge in [0.2, 0.25) is 0 Å². The average Bonchev–Trinajstić information content (AvgIpc) is 2.66. The monoisotopic (exact) mass is 294 g/mol. The van der Waals surface area contributed by atoms with Gasteiger partial charge in [0.1, 0.15) is 10.6 Å². The summed E-state index contributed by atoms with van der Waals surface area (Å²) >= 11 is 0. The van der Waals surface area contributed by atoms with Crippen LogP contribution in [0.3, 0.4) is 0 Å². The highest BCUT2D eigenvalue weighted by Gasteiger charge is 2.38. The van der Waals surface area contributed by atoms with Gasteiger partial charge in [-0.25, -0.2) is 8.42 Å². The van der Waals surface area contributed by atoms with Crippen LogP contribution in [-0.4, -0.2) is 29.4 Å². The van der Waals surface area contributed by atoms with Gasteiger partial charge in [-0.2, -0.15) is 5.10 Å². The standard InChI is InChI=1S/C13H18N4O2S/c1-13(2,20(4,18)19)11-10(12(14)17(3)16-11)9-5-7-15-8-6-9/h5-8H,14H2,1-4H3. The first-order chi connectivity index (χ1) is 9.16. The maximum Gasteiger partial charge on any atom is 0.158 e. The number of pyridine rings is 1. The van der Waals surface area contributed by atoms with Crippen molar-refractivity contribution in [2.24, 2.45) is 7.05 Å². The van der Waals surface area contributed by atoms with E-state index in [4.69, 9.17) is 5.73 Å². The van der Waals surface area contributed by atoms with Gasteiger partial charge in [-0.05, 0) is 31.5 Å². The first-order valence-electron chi connectivity index (χ1n) is 6.09. The van der Waals surface area contributed by atoms with Gasteiger partial charge in [0, 0.05) is 31.3 Å². The Morgan fingerprint density at radius 3 is 2.30 bits per heavy atom. The van der Waals surface area contributed by atoms with Crippen molar-refractivity contribution in [1.82, 2.24) is 14.8 Å². The van der Waals surface area contributed by atoms with E-state index in [-0.39, 0.29) is 0 Å². The van der Waals surface area contributed by atoms with Crippen LogP contribution in [0.5, 0.6) is 0 Å². The Bertz CT molecular complexity index is 733. The maximum atomic E-state index is 12.1. The molecule has 108 valence electrons. The second-order valence-corrected chi connectivity index (χ2v) is 7.82. The highest BCUT2D eigenvalue weighted by molar-refractivity contribution is 7.91. The molecular weight excluding hydrogens is 276 g/mol. The number of aryl methyl sites for hydroxylation is 1. The van der Waals surface area contributed by atoms with E-state index in [9.17, 15) is 8.42 Å². The van der Waals surface area contributed by atoms with Crippen LogP contribution in [0, 0.1) is 0 Å². The Labute approximate surface area is 118 Å². The fourth-order valence-corrected chi connectivity index (χ4v) is 2.43. The van der Waals surface area contributed by atoms with Crippen LogP contribution in [0.2, 0.25) is 0 Å². The molecule has 0 bridgehead atoms. The molecule has 0 aliphatic carbocycles. The van der Waals surface area contributed by atoms with Crippen LogP contribution in [0.15, 0.2) is 24.5 Å². The van der Waals surface area contributed by atoms with Crippen molar-refractivity contribution in [3.63, 3.8) is 0 Å². The maximum absolute atomic E-state index is 12.1. The minimum absolute atomic E-state index is 0.433. The first-order valence-corrected chi connectivity index (χ1v) is 7.98. The van der Waals surface area contributed by atoms with Gasteiger partial charge in [-0.3, -0.25) is 9.67 Å². The zero-order valence-electron chi connectivity index (χ0n) is 12.0. The Kier molecular flexibility index (Phi) is 3.33. The third kappa shape index (κ3) is 2.18. The summed E-state index contributed by atoms with van der Waals surface area (Å²) in [5.41, 5.74) is 7.96. The molecule has 7 heteroatoms. The highest BCUT2D eigenvalue weighted by atomic mass is 32.2. The predicted octanol–water partition coefficient (Wildman–Crippen LogP) is 1.34. The lowest BCUT2D eigenvalue weighted by Gasteiger charge is -2.21. The van der Waals surface area contributed by atoms with Crippen molar-refractivity contribution in [2.45, 2.75) is 18.6 Å². The van der Waals surface area contributed by atoms with Crippen LogP contribution in [0.1, 0.15) is 19.5 Å². The largest absolute Gasteiger partial charge is 0.383 e. The predicted molar refractivity (Wildman–Crippen MR) is 78.7 cm³/mol. The molecule has 0 aromatic carbocycles. The summed E-state index contributed by atoms with van der Waals surface area (Å²) in [6.07, 6.45) is 4.48. The second kappa shape index (κ2) is 4.59. The summed E-state index contributed by atoms with van der Waals surface area (Å²) in [6, 6.07) is 3.57. The molecule has 0 saturated heterocycles. The number of aromatic nitrogens is 3. The first kappa shape index (κ1) is 14.5. The molecule has 0 unspecified atom stereocenters. The zero-order chi connectivity index (χ0) is 15.1. The van der Waals surface area contributed by atoms with E-state index >= 15 is 0 Å². The molecule has 0 spiro atoms. The number of nitrogens with zero attached hydrogens (tertiary/aromatic N) is 3. The van der Waals surface area contributed by atoms with Crippen molar-refractivity contribution in [3.05, 3.63) is 30.2 Å². The number of nitrogens with two attached hydrogens (primary N) is 1.